The minimum atomic E-state index is -0.882. The maximum absolute atomic E-state index is 12.5. The zero-order chi connectivity index (χ0) is 14.0. The first-order valence-corrected chi connectivity index (χ1v) is 6.86. The number of rotatable bonds is 3. The van der Waals surface area contributed by atoms with Crippen LogP contribution in [0.4, 0.5) is 0 Å². The fraction of sp³-hybridized carbons (Fsp3) is 0.214. The van der Waals surface area contributed by atoms with Gasteiger partial charge in [-0.15, -0.1) is 11.3 Å². The summed E-state index contributed by atoms with van der Waals surface area (Å²) < 4.78 is 0. The highest BCUT2D eigenvalue weighted by Crippen LogP contribution is 2.30. The topological polar surface area (TPSA) is 53.8 Å². The lowest BCUT2D eigenvalue weighted by molar-refractivity contribution is 0.0982. The molecule has 1 aromatic carbocycles. The normalized spacial score (nSPS) is 11.9. The van der Waals surface area contributed by atoms with Crippen LogP contribution in [-0.4, -0.2) is 10.8 Å². The number of aromatic nitrogens is 1. The third kappa shape index (κ3) is 2.67. The zero-order valence-electron chi connectivity index (χ0n) is 10.5. The molecule has 0 aliphatic carbocycles. The number of ketones is 1. The largest absolute Gasteiger partial charge is 0.291 e. The van der Waals surface area contributed by atoms with Gasteiger partial charge in [0.15, 0.2) is 5.78 Å². The van der Waals surface area contributed by atoms with Gasteiger partial charge in [0.1, 0.15) is 5.92 Å². The second-order valence-electron chi connectivity index (χ2n) is 4.10. The summed E-state index contributed by atoms with van der Waals surface area (Å²) in [7, 11) is 0. The van der Waals surface area contributed by atoms with Crippen LogP contribution in [0.5, 0.6) is 0 Å². The van der Waals surface area contributed by atoms with Crippen LogP contribution in [0.15, 0.2) is 24.3 Å². The molecule has 0 bridgehead atoms. The molecule has 0 radical (unpaired) electrons. The van der Waals surface area contributed by atoms with Crippen molar-refractivity contribution in [1.29, 1.82) is 5.26 Å². The summed E-state index contributed by atoms with van der Waals surface area (Å²) in [5.74, 6) is -1.12. The first-order valence-electron chi connectivity index (χ1n) is 5.67. The second-order valence-corrected chi connectivity index (χ2v) is 5.71. The number of hydrogen-bond acceptors (Lipinski definition) is 4. The SMILES string of the molecule is Cc1nc(C)c(C(=O)C(C#N)c2ccccc2Cl)s1. The number of halogens is 1. The Hall–Kier alpha value is -1.70. The van der Waals surface area contributed by atoms with Gasteiger partial charge in [-0.25, -0.2) is 4.98 Å². The van der Waals surface area contributed by atoms with Gasteiger partial charge in [0.2, 0.25) is 0 Å². The predicted molar refractivity (Wildman–Crippen MR) is 75.7 cm³/mol. The molecule has 1 unspecified atom stereocenters. The molecule has 0 saturated heterocycles. The van der Waals surface area contributed by atoms with E-state index in [2.05, 4.69) is 4.98 Å². The molecular weight excluding hydrogens is 280 g/mol. The number of benzene rings is 1. The van der Waals surface area contributed by atoms with Crippen LogP contribution < -0.4 is 0 Å². The Morgan fingerprint density at radius 3 is 2.63 bits per heavy atom. The summed E-state index contributed by atoms with van der Waals surface area (Å²) in [6.07, 6.45) is 0. The van der Waals surface area contributed by atoms with Gasteiger partial charge in [-0.05, 0) is 25.5 Å². The highest BCUT2D eigenvalue weighted by molar-refractivity contribution is 7.13. The minimum Gasteiger partial charge on any atom is -0.291 e. The predicted octanol–water partition coefficient (Wildman–Crippen LogP) is 3.90. The molecule has 0 saturated carbocycles. The first-order chi connectivity index (χ1) is 9.04. The number of Topliss-reactive ketones (excluding diaryl/α,β-unsaturated/α-hetero) is 1. The highest BCUT2D eigenvalue weighted by Gasteiger charge is 2.26. The molecule has 5 heteroatoms. The number of nitriles is 1. The molecule has 1 atom stereocenters. The molecule has 19 heavy (non-hydrogen) atoms. The van der Waals surface area contributed by atoms with Crippen molar-refractivity contribution in [2.75, 3.05) is 0 Å². The second kappa shape index (κ2) is 5.52. The summed E-state index contributed by atoms with van der Waals surface area (Å²) in [4.78, 5) is 17.2. The molecule has 1 heterocycles. The zero-order valence-corrected chi connectivity index (χ0v) is 12.0. The summed E-state index contributed by atoms with van der Waals surface area (Å²) in [5.41, 5.74) is 1.21. The van der Waals surface area contributed by atoms with Crippen LogP contribution in [0, 0.1) is 25.2 Å². The Bertz CT molecular complexity index is 672. The van der Waals surface area contributed by atoms with Crippen molar-refractivity contribution in [3.8, 4) is 6.07 Å². The molecule has 96 valence electrons. The van der Waals surface area contributed by atoms with E-state index in [4.69, 9.17) is 11.6 Å². The maximum Gasteiger partial charge on any atom is 0.196 e. The van der Waals surface area contributed by atoms with Crippen molar-refractivity contribution in [3.05, 3.63) is 50.4 Å². The van der Waals surface area contributed by atoms with E-state index in [0.29, 0.717) is 21.2 Å². The van der Waals surface area contributed by atoms with E-state index in [1.54, 1.807) is 31.2 Å². The molecule has 0 aliphatic rings. The Morgan fingerprint density at radius 2 is 2.11 bits per heavy atom. The van der Waals surface area contributed by atoms with Crippen molar-refractivity contribution in [1.82, 2.24) is 4.98 Å². The van der Waals surface area contributed by atoms with E-state index in [1.807, 2.05) is 13.0 Å². The van der Waals surface area contributed by atoms with E-state index in [1.165, 1.54) is 11.3 Å². The van der Waals surface area contributed by atoms with Crippen molar-refractivity contribution >= 4 is 28.7 Å². The lowest BCUT2D eigenvalue weighted by Gasteiger charge is -2.09. The molecular formula is C14H11ClN2OS. The average molecular weight is 291 g/mol. The van der Waals surface area contributed by atoms with Gasteiger partial charge < -0.3 is 0 Å². The van der Waals surface area contributed by atoms with Crippen LogP contribution in [0.25, 0.3) is 0 Å². The number of carbonyl (C=O) groups is 1. The van der Waals surface area contributed by atoms with Crippen molar-refractivity contribution < 1.29 is 4.79 Å². The maximum atomic E-state index is 12.5. The van der Waals surface area contributed by atoms with Crippen LogP contribution in [-0.2, 0) is 0 Å². The van der Waals surface area contributed by atoms with Gasteiger partial charge in [0.25, 0.3) is 0 Å². The van der Waals surface area contributed by atoms with Gasteiger partial charge in [-0.2, -0.15) is 5.26 Å². The smallest absolute Gasteiger partial charge is 0.196 e. The first kappa shape index (κ1) is 13.7. The average Bonchev–Trinajstić information content (AvgIpc) is 2.71. The number of hydrogen-bond donors (Lipinski definition) is 0. The fourth-order valence-corrected chi connectivity index (χ4v) is 3.00. The highest BCUT2D eigenvalue weighted by atomic mass is 35.5. The lowest BCUT2D eigenvalue weighted by Crippen LogP contribution is -2.11. The van der Waals surface area contributed by atoms with E-state index in [-0.39, 0.29) is 5.78 Å². The van der Waals surface area contributed by atoms with Gasteiger partial charge in [-0.3, -0.25) is 4.79 Å². The molecule has 0 aliphatic heterocycles. The summed E-state index contributed by atoms with van der Waals surface area (Å²) in [6.45, 7) is 3.61. The third-order valence-electron chi connectivity index (χ3n) is 2.73. The Kier molecular flexibility index (Phi) is 3.98. The Morgan fingerprint density at radius 1 is 1.42 bits per heavy atom. The van der Waals surface area contributed by atoms with Crippen LogP contribution in [0.2, 0.25) is 5.02 Å². The quantitative estimate of drug-likeness (QED) is 0.806. The molecule has 0 spiro atoms. The van der Waals surface area contributed by atoms with E-state index in [0.717, 1.165) is 5.01 Å². The monoisotopic (exact) mass is 290 g/mol. The van der Waals surface area contributed by atoms with Gasteiger partial charge in [0, 0.05) is 5.02 Å². The van der Waals surface area contributed by atoms with Crippen molar-refractivity contribution in [3.63, 3.8) is 0 Å². The number of thiazole rings is 1. The molecule has 0 amide bonds. The molecule has 0 fully saturated rings. The summed E-state index contributed by atoms with van der Waals surface area (Å²) in [6, 6.07) is 8.96. The number of carbonyl (C=O) groups excluding carboxylic acids is 1. The number of aryl methyl sites for hydroxylation is 2. The molecule has 3 nitrogen and oxygen atoms in total. The van der Waals surface area contributed by atoms with E-state index >= 15 is 0 Å². The lowest BCUT2D eigenvalue weighted by atomic mass is 9.95. The van der Waals surface area contributed by atoms with E-state index in [9.17, 15) is 10.1 Å². The molecule has 1 aromatic heterocycles. The standard InChI is InChI=1S/C14H11ClN2OS/c1-8-14(19-9(2)17-8)13(18)11(7-16)10-5-3-4-6-12(10)15/h3-6,11H,1-2H3. The third-order valence-corrected chi connectivity index (χ3v) is 4.17. The van der Waals surface area contributed by atoms with Crippen LogP contribution >= 0.6 is 22.9 Å². The number of nitrogens with zero attached hydrogens (tertiary/aromatic N) is 2. The van der Waals surface area contributed by atoms with Crippen molar-refractivity contribution in [2.24, 2.45) is 0 Å². The molecule has 2 rings (SSSR count). The summed E-state index contributed by atoms with van der Waals surface area (Å²) >= 11 is 7.37. The van der Waals surface area contributed by atoms with E-state index < -0.39 is 5.92 Å². The van der Waals surface area contributed by atoms with Crippen LogP contribution in [0.3, 0.4) is 0 Å². The molecule has 0 N–H and O–H groups in total. The van der Waals surface area contributed by atoms with Gasteiger partial charge >= 0.3 is 0 Å². The van der Waals surface area contributed by atoms with Crippen molar-refractivity contribution in [2.45, 2.75) is 19.8 Å². The van der Waals surface area contributed by atoms with Gasteiger partial charge in [0.05, 0.1) is 21.6 Å². The fourth-order valence-electron chi connectivity index (χ4n) is 1.87. The van der Waals surface area contributed by atoms with Gasteiger partial charge in [-0.1, -0.05) is 29.8 Å². The Balaban J connectivity index is 2.44. The van der Waals surface area contributed by atoms with Crippen LogP contribution in [0.1, 0.15) is 31.9 Å². The summed E-state index contributed by atoms with van der Waals surface area (Å²) in [5, 5.41) is 10.5. The molecule has 2 aromatic rings. The Labute approximate surface area is 120 Å². The minimum absolute atomic E-state index is 0.237.